The Morgan fingerprint density at radius 2 is 0.900 bits per heavy atom. The van der Waals surface area contributed by atoms with Gasteiger partial charge in [0.2, 0.25) is 23.6 Å². The van der Waals surface area contributed by atoms with E-state index in [0.717, 1.165) is 5.06 Å². The van der Waals surface area contributed by atoms with E-state index < -0.39 is 80.0 Å². The van der Waals surface area contributed by atoms with E-state index in [1.807, 2.05) is 34.6 Å². The van der Waals surface area contributed by atoms with Gasteiger partial charge in [-0.25, -0.2) is 4.79 Å². The standard InChI is InChI=1S/C37H69N6O7/c1-22(2)34(17,25(44)38-30(7,8)9)39-26(45)35(18,23(3)4)40-27(46)36(19,24(5)6)41-28(47)37(42-29(48)50-31(10,11)12)20-32(13,14)43(49)33(15,16)21-37/h22-24H,20-21H2,1-19H3,(H,38,44)(H,39,45)(H,40,46)(H,41,47)(H,42,48)/t34-,35-,36-/m0/s1. The zero-order chi connectivity index (χ0) is 39.9. The Bertz CT molecular complexity index is 1280. The molecule has 1 aliphatic heterocycles. The first-order valence-corrected chi connectivity index (χ1v) is 17.8. The molecule has 289 valence electrons. The van der Waals surface area contributed by atoms with Crippen LogP contribution in [0.2, 0.25) is 0 Å². The van der Waals surface area contributed by atoms with Crippen molar-refractivity contribution < 1.29 is 33.9 Å². The second-order valence-corrected chi connectivity index (χ2v) is 19.1. The SMILES string of the molecule is CC(C)[C@](C)(NC(=O)C1(NC(=O)OC(C)(C)C)CC(C)(C)N([O])C(C)(C)C1)C(=O)N[C@](C)(C(=O)N[C@](C)(C(=O)NC(C)(C)C)C(C)C)C(C)C. The maximum absolute atomic E-state index is 14.6. The number of carbonyl (C=O) groups is 5. The molecule has 0 bridgehead atoms. The fraction of sp³-hybridized carbons (Fsp3) is 0.865. The van der Waals surface area contributed by atoms with E-state index in [1.54, 1.807) is 96.9 Å². The predicted octanol–water partition coefficient (Wildman–Crippen LogP) is 4.76. The number of ether oxygens (including phenoxy) is 1. The highest BCUT2D eigenvalue weighted by atomic mass is 16.6. The van der Waals surface area contributed by atoms with Gasteiger partial charge in [-0.1, -0.05) is 41.5 Å². The summed E-state index contributed by atoms with van der Waals surface area (Å²) in [5.74, 6) is -3.46. The zero-order valence-corrected chi connectivity index (χ0v) is 34.5. The number of alkyl carbamates (subject to hydrolysis) is 1. The van der Waals surface area contributed by atoms with Crippen LogP contribution in [0.4, 0.5) is 4.79 Å². The molecule has 0 saturated carbocycles. The third kappa shape index (κ3) is 10.1. The fourth-order valence-electron chi connectivity index (χ4n) is 6.25. The van der Waals surface area contributed by atoms with Crippen LogP contribution in [0.3, 0.4) is 0 Å². The molecule has 1 heterocycles. The molecule has 13 heteroatoms. The fourth-order valence-corrected chi connectivity index (χ4v) is 6.25. The summed E-state index contributed by atoms with van der Waals surface area (Å²) in [5, 5.41) is 28.8. The maximum atomic E-state index is 14.6. The van der Waals surface area contributed by atoms with E-state index in [1.165, 1.54) is 0 Å². The second-order valence-electron chi connectivity index (χ2n) is 19.1. The Hall–Kier alpha value is -2.93. The molecule has 0 aromatic heterocycles. The van der Waals surface area contributed by atoms with Gasteiger partial charge < -0.3 is 31.3 Å². The van der Waals surface area contributed by atoms with E-state index in [4.69, 9.17) is 4.74 Å². The van der Waals surface area contributed by atoms with E-state index >= 15 is 0 Å². The second kappa shape index (κ2) is 14.6. The van der Waals surface area contributed by atoms with Gasteiger partial charge in [0.25, 0.3) is 0 Å². The number of carbonyl (C=O) groups excluding carboxylic acids is 5. The molecule has 0 aromatic carbocycles. The first-order chi connectivity index (χ1) is 22.0. The Balaban J connectivity index is 3.65. The van der Waals surface area contributed by atoms with Gasteiger partial charge in [0.05, 0.1) is 0 Å². The van der Waals surface area contributed by atoms with Crippen molar-refractivity contribution >= 4 is 29.7 Å². The normalized spacial score (nSPS) is 21.3. The maximum Gasteiger partial charge on any atom is 0.408 e. The lowest BCUT2D eigenvalue weighted by Gasteiger charge is -2.55. The Morgan fingerprint density at radius 3 is 1.20 bits per heavy atom. The Morgan fingerprint density at radius 1 is 0.580 bits per heavy atom. The van der Waals surface area contributed by atoms with Crippen LogP contribution in [-0.2, 0) is 29.1 Å². The highest BCUT2D eigenvalue weighted by Crippen LogP contribution is 2.43. The van der Waals surface area contributed by atoms with Crippen LogP contribution >= 0.6 is 0 Å². The monoisotopic (exact) mass is 710 g/mol. The van der Waals surface area contributed by atoms with Gasteiger partial charge >= 0.3 is 6.09 Å². The van der Waals surface area contributed by atoms with Crippen molar-refractivity contribution in [2.75, 3.05) is 0 Å². The van der Waals surface area contributed by atoms with E-state index in [-0.39, 0.29) is 24.7 Å². The number of hydroxylamine groups is 2. The largest absolute Gasteiger partial charge is 0.444 e. The molecule has 1 fully saturated rings. The van der Waals surface area contributed by atoms with Crippen LogP contribution < -0.4 is 26.6 Å². The summed E-state index contributed by atoms with van der Waals surface area (Å²) in [4.78, 5) is 69.9. The summed E-state index contributed by atoms with van der Waals surface area (Å²) in [6.45, 7) is 33.1. The minimum atomic E-state index is -1.63. The highest BCUT2D eigenvalue weighted by molar-refractivity contribution is 6.00. The molecule has 0 aromatic rings. The van der Waals surface area contributed by atoms with Crippen molar-refractivity contribution in [1.29, 1.82) is 0 Å². The van der Waals surface area contributed by atoms with Gasteiger partial charge in [-0.2, -0.15) is 0 Å². The van der Waals surface area contributed by atoms with Crippen LogP contribution in [0.15, 0.2) is 0 Å². The Labute approximate surface area is 301 Å². The summed E-state index contributed by atoms with van der Waals surface area (Å²) >= 11 is 0. The molecule has 1 saturated heterocycles. The third-order valence-electron chi connectivity index (χ3n) is 10.2. The van der Waals surface area contributed by atoms with Crippen molar-refractivity contribution in [2.45, 2.75) is 189 Å². The molecule has 1 rings (SSSR count). The van der Waals surface area contributed by atoms with E-state index in [2.05, 4.69) is 26.6 Å². The quantitative estimate of drug-likeness (QED) is 0.205. The van der Waals surface area contributed by atoms with Crippen molar-refractivity contribution in [2.24, 2.45) is 17.8 Å². The molecular weight excluding hydrogens is 640 g/mol. The summed E-state index contributed by atoms with van der Waals surface area (Å²) < 4.78 is 5.55. The number of hydrogen-bond donors (Lipinski definition) is 5. The Kier molecular flexibility index (Phi) is 13.2. The van der Waals surface area contributed by atoms with Gasteiger partial charge in [-0.3, -0.25) is 19.2 Å². The molecule has 1 aliphatic rings. The smallest absolute Gasteiger partial charge is 0.408 e. The van der Waals surface area contributed by atoms with Gasteiger partial charge in [-0.15, -0.1) is 10.3 Å². The van der Waals surface area contributed by atoms with Crippen molar-refractivity contribution in [3.05, 3.63) is 0 Å². The summed E-state index contributed by atoms with van der Waals surface area (Å²) in [5.41, 5.74) is -9.62. The number of hydrogen-bond acceptors (Lipinski definition) is 7. The lowest BCUT2D eigenvalue weighted by Crippen LogP contribution is -2.76. The molecule has 0 aliphatic carbocycles. The average Bonchev–Trinajstić information content (AvgIpc) is 2.88. The molecule has 0 spiro atoms. The van der Waals surface area contributed by atoms with E-state index in [0.29, 0.717) is 0 Å². The average molecular weight is 710 g/mol. The number of rotatable bonds is 11. The van der Waals surface area contributed by atoms with Crippen LogP contribution in [0.1, 0.15) is 144 Å². The van der Waals surface area contributed by atoms with Crippen molar-refractivity contribution in [1.82, 2.24) is 31.6 Å². The summed E-state index contributed by atoms with van der Waals surface area (Å²) in [6.07, 6.45) is -0.962. The molecule has 3 atom stereocenters. The lowest BCUT2D eigenvalue weighted by molar-refractivity contribution is -0.295. The van der Waals surface area contributed by atoms with Gasteiger partial charge in [0, 0.05) is 16.6 Å². The van der Waals surface area contributed by atoms with Gasteiger partial charge in [0.15, 0.2) is 0 Å². The molecule has 13 nitrogen and oxygen atoms in total. The molecule has 5 amide bonds. The minimum Gasteiger partial charge on any atom is -0.444 e. The van der Waals surface area contributed by atoms with E-state index in [9.17, 15) is 29.2 Å². The number of amides is 5. The van der Waals surface area contributed by atoms with Gasteiger partial charge in [0.1, 0.15) is 27.8 Å². The first kappa shape index (κ1) is 45.1. The predicted molar refractivity (Wildman–Crippen MR) is 194 cm³/mol. The molecular formula is C37H69N6O7. The molecule has 5 N–H and O–H groups in total. The number of nitrogens with zero attached hydrogens (tertiary/aromatic N) is 1. The molecule has 0 unspecified atom stereocenters. The number of nitrogens with one attached hydrogen (secondary N) is 5. The molecule has 1 radical (unpaired) electrons. The van der Waals surface area contributed by atoms with Crippen molar-refractivity contribution in [3.8, 4) is 0 Å². The topological polar surface area (TPSA) is 178 Å². The zero-order valence-electron chi connectivity index (χ0n) is 34.5. The molecule has 50 heavy (non-hydrogen) atoms. The van der Waals surface area contributed by atoms with Crippen molar-refractivity contribution in [3.63, 3.8) is 0 Å². The third-order valence-corrected chi connectivity index (χ3v) is 10.2. The number of piperidine rings is 1. The first-order valence-electron chi connectivity index (χ1n) is 17.8. The minimum absolute atomic E-state index is 0.0651. The van der Waals surface area contributed by atoms with Crippen LogP contribution in [0, 0.1) is 17.8 Å². The lowest BCUT2D eigenvalue weighted by atomic mass is 9.69. The highest BCUT2D eigenvalue weighted by Gasteiger charge is 2.59. The summed E-state index contributed by atoms with van der Waals surface area (Å²) in [7, 11) is 0. The van der Waals surface area contributed by atoms with Crippen LogP contribution in [0.5, 0.6) is 0 Å². The van der Waals surface area contributed by atoms with Crippen LogP contribution in [0.25, 0.3) is 0 Å². The summed E-state index contributed by atoms with van der Waals surface area (Å²) in [6, 6.07) is 0. The van der Waals surface area contributed by atoms with Crippen LogP contribution in [-0.4, -0.2) is 79.2 Å². The van der Waals surface area contributed by atoms with Gasteiger partial charge in [-0.05, 0) is 121 Å².